The number of sulfone groups is 1. The summed E-state index contributed by atoms with van der Waals surface area (Å²) in [7, 11) is -3.53. The Morgan fingerprint density at radius 2 is 1.50 bits per heavy atom. The van der Waals surface area contributed by atoms with E-state index >= 15 is 0 Å². The average molecular weight is 415 g/mol. The van der Waals surface area contributed by atoms with Crippen LogP contribution in [0.3, 0.4) is 0 Å². The Morgan fingerprint density at radius 1 is 0.929 bits per heavy atom. The topological polar surface area (TPSA) is 141 Å². The minimum Gasteiger partial charge on any atom is -0.491 e. The van der Waals surface area contributed by atoms with E-state index in [0.717, 1.165) is 10.9 Å². The molecule has 28 heavy (non-hydrogen) atoms. The summed E-state index contributed by atoms with van der Waals surface area (Å²) in [6, 6.07) is 6.74. The lowest BCUT2D eigenvalue weighted by atomic mass is 10.3. The van der Waals surface area contributed by atoms with E-state index in [9.17, 15) is 8.42 Å². The fourth-order valence-electron chi connectivity index (χ4n) is 2.10. The molecule has 1 aromatic heterocycles. The zero-order valence-corrected chi connectivity index (χ0v) is 16.5. The zero-order chi connectivity index (χ0) is 20.2. The van der Waals surface area contributed by atoms with E-state index in [-0.39, 0.29) is 5.16 Å². The van der Waals surface area contributed by atoms with Crippen LogP contribution in [0.1, 0.15) is 0 Å². The van der Waals surface area contributed by atoms with E-state index in [1.165, 1.54) is 0 Å². The second kappa shape index (κ2) is 11.7. The summed E-state index contributed by atoms with van der Waals surface area (Å²) in [6.45, 7) is 3.81. The van der Waals surface area contributed by atoms with Gasteiger partial charge in [0, 0.05) is 12.8 Å². The highest BCUT2D eigenvalue weighted by molar-refractivity contribution is 7.90. The predicted octanol–water partition coefficient (Wildman–Crippen LogP) is -0.547. The molecule has 156 valence electrons. The number of nitrogens with zero attached hydrogens (tertiary/aromatic N) is 4. The molecule has 0 spiro atoms. The lowest BCUT2D eigenvalue weighted by molar-refractivity contribution is 0.0106. The number of hydrogen-bond acceptors (Lipinski definition) is 10. The Balaban J connectivity index is 1.64. The highest BCUT2D eigenvalue weighted by Crippen LogP contribution is 2.16. The molecular weight excluding hydrogens is 390 g/mol. The number of hydrogen-bond donors (Lipinski definition) is 1. The van der Waals surface area contributed by atoms with Crippen LogP contribution in [0.2, 0.25) is 0 Å². The van der Waals surface area contributed by atoms with Crippen molar-refractivity contribution >= 4 is 9.84 Å². The molecule has 0 aliphatic heterocycles. The van der Waals surface area contributed by atoms with Crippen molar-refractivity contribution in [3.63, 3.8) is 0 Å². The van der Waals surface area contributed by atoms with Crippen molar-refractivity contribution in [1.29, 1.82) is 0 Å². The molecule has 0 bridgehead atoms. The summed E-state index contributed by atoms with van der Waals surface area (Å²) in [5, 5.41) is 10.4. The zero-order valence-electron chi connectivity index (χ0n) is 15.7. The van der Waals surface area contributed by atoms with Crippen LogP contribution in [0.15, 0.2) is 29.4 Å². The third-order valence-electron chi connectivity index (χ3n) is 3.36. The molecule has 0 aliphatic rings. The maximum Gasteiger partial charge on any atom is 0.272 e. The second-order valence-electron chi connectivity index (χ2n) is 5.61. The number of benzene rings is 1. The summed E-state index contributed by atoms with van der Waals surface area (Å²) >= 11 is 0. The van der Waals surface area contributed by atoms with Gasteiger partial charge in [0.2, 0.25) is 9.84 Å². The smallest absolute Gasteiger partial charge is 0.272 e. The molecule has 2 N–H and O–H groups in total. The molecule has 2 rings (SSSR count). The molecule has 0 amide bonds. The maximum absolute atomic E-state index is 11.7. The van der Waals surface area contributed by atoms with E-state index in [1.807, 2.05) is 0 Å². The first kappa shape index (κ1) is 22.2. The van der Waals surface area contributed by atoms with Gasteiger partial charge in [0.1, 0.15) is 12.4 Å². The van der Waals surface area contributed by atoms with Crippen LogP contribution < -0.4 is 10.5 Å². The van der Waals surface area contributed by atoms with Gasteiger partial charge in [0.25, 0.3) is 5.16 Å². The predicted molar refractivity (Wildman–Crippen MR) is 99.3 cm³/mol. The molecule has 11 nitrogen and oxygen atoms in total. The molecule has 0 fully saturated rings. The fraction of sp³-hybridized carbons (Fsp3) is 0.562. The number of rotatable bonds is 14. The van der Waals surface area contributed by atoms with Crippen molar-refractivity contribution in [2.75, 3.05) is 59.0 Å². The summed E-state index contributed by atoms with van der Waals surface area (Å²) in [6.07, 6.45) is 1.05. The Morgan fingerprint density at radius 3 is 2.07 bits per heavy atom. The van der Waals surface area contributed by atoms with Crippen LogP contribution in [0.4, 0.5) is 0 Å². The van der Waals surface area contributed by atoms with Crippen LogP contribution in [-0.4, -0.2) is 87.7 Å². The van der Waals surface area contributed by atoms with Crippen molar-refractivity contribution in [1.82, 2.24) is 20.2 Å². The van der Waals surface area contributed by atoms with Gasteiger partial charge >= 0.3 is 0 Å². The molecule has 1 aromatic carbocycles. The van der Waals surface area contributed by atoms with Crippen LogP contribution >= 0.6 is 0 Å². The molecule has 2 aromatic rings. The van der Waals surface area contributed by atoms with Crippen molar-refractivity contribution < 1.29 is 27.4 Å². The number of ether oxygens (including phenoxy) is 4. The lowest BCUT2D eigenvalue weighted by Crippen LogP contribution is -2.14. The van der Waals surface area contributed by atoms with E-state index in [2.05, 4.69) is 15.5 Å². The van der Waals surface area contributed by atoms with Gasteiger partial charge in [-0.25, -0.2) is 8.42 Å². The monoisotopic (exact) mass is 415 g/mol. The van der Waals surface area contributed by atoms with E-state index in [0.29, 0.717) is 64.2 Å². The molecule has 0 unspecified atom stereocenters. The lowest BCUT2D eigenvalue weighted by Gasteiger charge is -2.09. The van der Waals surface area contributed by atoms with E-state index < -0.39 is 9.84 Å². The van der Waals surface area contributed by atoms with Gasteiger partial charge in [-0.2, -0.15) is 4.68 Å². The Kier molecular flexibility index (Phi) is 9.23. The number of aromatic nitrogens is 4. The highest BCUT2D eigenvalue weighted by Gasteiger charge is 2.18. The minimum atomic E-state index is -3.53. The van der Waals surface area contributed by atoms with Gasteiger partial charge in [0.15, 0.2) is 0 Å². The van der Waals surface area contributed by atoms with Crippen molar-refractivity contribution in [3.05, 3.63) is 24.3 Å². The fourth-order valence-corrected chi connectivity index (χ4v) is 2.74. The van der Waals surface area contributed by atoms with Crippen molar-refractivity contribution in [3.8, 4) is 11.4 Å². The molecule has 0 saturated carbocycles. The van der Waals surface area contributed by atoms with E-state index in [1.54, 1.807) is 24.3 Å². The average Bonchev–Trinajstić information content (AvgIpc) is 3.17. The second-order valence-corrected chi connectivity index (χ2v) is 7.52. The molecular formula is C16H25N5O6S. The molecule has 0 atom stereocenters. The summed E-state index contributed by atoms with van der Waals surface area (Å²) in [4.78, 5) is 0. The Bertz CT molecular complexity index is 796. The summed E-state index contributed by atoms with van der Waals surface area (Å²) in [5.74, 6) is 0.620. The molecule has 12 heteroatoms. The Hall–Kier alpha value is -2.12. The minimum absolute atomic E-state index is 0.220. The maximum atomic E-state index is 11.7. The summed E-state index contributed by atoms with van der Waals surface area (Å²) in [5.41, 5.74) is 5.82. The van der Waals surface area contributed by atoms with Crippen molar-refractivity contribution in [2.45, 2.75) is 5.16 Å². The molecule has 1 heterocycles. The first-order chi connectivity index (χ1) is 13.5. The van der Waals surface area contributed by atoms with Crippen LogP contribution in [0.5, 0.6) is 5.75 Å². The normalized spacial score (nSPS) is 11.6. The van der Waals surface area contributed by atoms with Crippen molar-refractivity contribution in [2.24, 2.45) is 5.73 Å². The highest BCUT2D eigenvalue weighted by atomic mass is 32.2. The SMILES string of the molecule is CS(=O)(=O)c1nnnn1-c1ccc(OCCOCCOCCOCCN)cc1. The van der Waals surface area contributed by atoms with Gasteiger partial charge in [-0.05, 0) is 34.7 Å². The first-order valence-electron chi connectivity index (χ1n) is 8.67. The molecule has 0 saturated heterocycles. The third-order valence-corrected chi connectivity index (χ3v) is 4.27. The Labute approximate surface area is 163 Å². The van der Waals surface area contributed by atoms with Gasteiger partial charge < -0.3 is 24.7 Å². The number of tetrazole rings is 1. The van der Waals surface area contributed by atoms with Crippen LogP contribution in [0, 0.1) is 0 Å². The quantitative estimate of drug-likeness (QED) is 0.400. The van der Waals surface area contributed by atoms with Gasteiger partial charge in [-0.15, -0.1) is 0 Å². The molecule has 0 radical (unpaired) electrons. The van der Waals surface area contributed by atoms with Crippen LogP contribution in [-0.2, 0) is 24.0 Å². The third kappa shape index (κ3) is 7.48. The number of nitrogens with two attached hydrogens (primary N) is 1. The van der Waals surface area contributed by atoms with Gasteiger partial charge in [-0.3, -0.25) is 0 Å². The van der Waals surface area contributed by atoms with Gasteiger partial charge in [0.05, 0.1) is 45.3 Å². The molecule has 0 aliphatic carbocycles. The first-order valence-corrected chi connectivity index (χ1v) is 10.6. The summed E-state index contributed by atoms with van der Waals surface area (Å²) < 4.78 is 46.0. The largest absolute Gasteiger partial charge is 0.491 e. The standard InChI is InChI=1S/C16H25N5O6S/c1-28(22,23)16-18-19-20-21(16)14-2-4-15(5-3-14)27-13-12-26-11-10-25-9-8-24-7-6-17/h2-5H,6-13,17H2,1H3. The van der Waals surface area contributed by atoms with E-state index in [4.69, 9.17) is 24.7 Å². The van der Waals surface area contributed by atoms with Gasteiger partial charge in [-0.1, -0.05) is 5.10 Å². The van der Waals surface area contributed by atoms with Crippen LogP contribution in [0.25, 0.3) is 5.69 Å².